The van der Waals surface area contributed by atoms with E-state index in [9.17, 15) is 17.6 Å². The van der Waals surface area contributed by atoms with Crippen molar-refractivity contribution in [3.63, 3.8) is 0 Å². The summed E-state index contributed by atoms with van der Waals surface area (Å²) in [6.45, 7) is 2.33. The van der Waals surface area contributed by atoms with Gasteiger partial charge in [-0.2, -0.15) is 0 Å². The molecule has 1 amide bonds. The number of halogens is 3. The van der Waals surface area contributed by atoms with Crippen LogP contribution in [0.4, 0.5) is 15.8 Å². The van der Waals surface area contributed by atoms with Gasteiger partial charge >= 0.3 is 0 Å². The van der Waals surface area contributed by atoms with Crippen LogP contribution in [-0.2, 0) is 10.0 Å². The maximum Gasteiger partial charge on any atom is 0.261 e. The standard InChI is InChI=1S/C21H17Cl2FN2O4S/c1-2-30-15-6-4-14(5-7-15)26-31(28,29)16-8-9-18(23)17(12-16)21(27)25-20-10-3-13(22)11-19(20)24/h3-12,26H,2H2,1H3,(H,25,27). The van der Waals surface area contributed by atoms with Crippen molar-refractivity contribution in [3.8, 4) is 5.75 Å². The number of ether oxygens (including phenoxy) is 1. The smallest absolute Gasteiger partial charge is 0.261 e. The zero-order chi connectivity index (χ0) is 22.6. The van der Waals surface area contributed by atoms with E-state index in [1.807, 2.05) is 6.92 Å². The molecule has 0 aliphatic rings. The van der Waals surface area contributed by atoms with Gasteiger partial charge in [-0.1, -0.05) is 23.2 Å². The fourth-order valence-corrected chi connectivity index (χ4v) is 4.07. The van der Waals surface area contributed by atoms with Gasteiger partial charge in [0.15, 0.2) is 0 Å². The van der Waals surface area contributed by atoms with E-state index >= 15 is 0 Å². The first-order chi connectivity index (χ1) is 14.7. The Labute approximate surface area is 189 Å². The number of hydrogen-bond acceptors (Lipinski definition) is 4. The zero-order valence-electron chi connectivity index (χ0n) is 16.2. The average molecular weight is 483 g/mol. The summed E-state index contributed by atoms with van der Waals surface area (Å²) < 4.78 is 47.2. The molecule has 3 aromatic rings. The summed E-state index contributed by atoms with van der Waals surface area (Å²) in [6, 6.07) is 13.8. The number of rotatable bonds is 7. The predicted octanol–water partition coefficient (Wildman–Crippen LogP) is 5.58. The molecule has 6 nitrogen and oxygen atoms in total. The van der Waals surface area contributed by atoms with Crippen LogP contribution >= 0.6 is 23.2 Å². The number of benzene rings is 3. The van der Waals surface area contributed by atoms with E-state index in [1.165, 1.54) is 24.3 Å². The van der Waals surface area contributed by atoms with E-state index in [2.05, 4.69) is 10.0 Å². The molecule has 0 radical (unpaired) electrons. The van der Waals surface area contributed by atoms with Crippen LogP contribution in [0.15, 0.2) is 65.6 Å². The Kier molecular flexibility index (Phi) is 7.04. The lowest BCUT2D eigenvalue weighted by molar-refractivity contribution is 0.102. The van der Waals surface area contributed by atoms with Crippen LogP contribution in [0.25, 0.3) is 0 Å². The first kappa shape index (κ1) is 22.9. The molecule has 0 fully saturated rings. The molecule has 0 saturated heterocycles. The second-order valence-electron chi connectivity index (χ2n) is 6.28. The summed E-state index contributed by atoms with van der Waals surface area (Å²) in [6.07, 6.45) is 0. The molecule has 0 aliphatic carbocycles. The van der Waals surface area contributed by atoms with Crippen molar-refractivity contribution >= 4 is 50.5 Å². The predicted molar refractivity (Wildman–Crippen MR) is 119 cm³/mol. The summed E-state index contributed by atoms with van der Waals surface area (Å²) in [4.78, 5) is 12.4. The number of amides is 1. The van der Waals surface area contributed by atoms with E-state index < -0.39 is 21.7 Å². The van der Waals surface area contributed by atoms with E-state index in [4.69, 9.17) is 27.9 Å². The maximum atomic E-state index is 14.0. The molecular formula is C21H17Cl2FN2O4S. The minimum atomic E-state index is -4.02. The van der Waals surface area contributed by atoms with Crippen molar-refractivity contribution in [2.75, 3.05) is 16.6 Å². The monoisotopic (exact) mass is 482 g/mol. The second-order valence-corrected chi connectivity index (χ2v) is 8.81. The maximum absolute atomic E-state index is 14.0. The van der Waals surface area contributed by atoms with E-state index in [1.54, 1.807) is 24.3 Å². The van der Waals surface area contributed by atoms with Crippen molar-refractivity contribution < 1.29 is 22.3 Å². The van der Waals surface area contributed by atoms with Crippen molar-refractivity contribution in [1.82, 2.24) is 0 Å². The van der Waals surface area contributed by atoms with Gasteiger partial charge in [-0.25, -0.2) is 12.8 Å². The second kappa shape index (κ2) is 9.55. The Morgan fingerprint density at radius 1 is 1.03 bits per heavy atom. The van der Waals surface area contributed by atoms with Crippen LogP contribution in [0, 0.1) is 5.82 Å². The fraction of sp³-hybridized carbons (Fsp3) is 0.0952. The van der Waals surface area contributed by atoms with E-state index in [0.29, 0.717) is 18.0 Å². The van der Waals surface area contributed by atoms with Crippen LogP contribution in [0.3, 0.4) is 0 Å². The number of carbonyl (C=O) groups excluding carboxylic acids is 1. The first-order valence-corrected chi connectivity index (χ1v) is 11.2. The number of carbonyl (C=O) groups is 1. The van der Waals surface area contributed by atoms with Gasteiger partial charge in [0.1, 0.15) is 11.6 Å². The van der Waals surface area contributed by atoms with Crippen LogP contribution in [-0.4, -0.2) is 20.9 Å². The lowest BCUT2D eigenvalue weighted by atomic mass is 10.2. The van der Waals surface area contributed by atoms with Gasteiger partial charge in [-0.15, -0.1) is 0 Å². The highest BCUT2D eigenvalue weighted by Gasteiger charge is 2.20. The highest BCUT2D eigenvalue weighted by molar-refractivity contribution is 7.92. The minimum Gasteiger partial charge on any atom is -0.494 e. The van der Waals surface area contributed by atoms with Crippen molar-refractivity contribution in [1.29, 1.82) is 0 Å². The number of nitrogens with one attached hydrogen (secondary N) is 2. The van der Waals surface area contributed by atoms with Crippen LogP contribution in [0.5, 0.6) is 5.75 Å². The summed E-state index contributed by atoms with van der Waals surface area (Å²) in [5, 5.41) is 2.53. The SMILES string of the molecule is CCOc1ccc(NS(=O)(=O)c2ccc(Cl)c(C(=O)Nc3ccc(Cl)cc3F)c2)cc1. The third-order valence-electron chi connectivity index (χ3n) is 4.09. The summed E-state index contributed by atoms with van der Waals surface area (Å²) in [5.41, 5.74) is 0.0597. The highest BCUT2D eigenvalue weighted by Crippen LogP contribution is 2.25. The molecular weight excluding hydrogens is 466 g/mol. The molecule has 0 aromatic heterocycles. The molecule has 0 aliphatic heterocycles. The van der Waals surface area contributed by atoms with Crippen LogP contribution < -0.4 is 14.8 Å². The van der Waals surface area contributed by atoms with Gasteiger partial charge in [-0.05, 0) is 67.6 Å². The van der Waals surface area contributed by atoms with Crippen molar-refractivity contribution in [2.45, 2.75) is 11.8 Å². The number of anilines is 2. The van der Waals surface area contributed by atoms with Gasteiger partial charge in [0.05, 0.1) is 27.8 Å². The Morgan fingerprint density at radius 2 is 1.74 bits per heavy atom. The lowest BCUT2D eigenvalue weighted by Crippen LogP contribution is -2.17. The van der Waals surface area contributed by atoms with Gasteiger partial charge in [0.2, 0.25) is 0 Å². The first-order valence-electron chi connectivity index (χ1n) is 9.01. The Balaban J connectivity index is 1.84. The highest BCUT2D eigenvalue weighted by atomic mass is 35.5. The Bertz CT molecular complexity index is 1220. The van der Waals surface area contributed by atoms with Gasteiger partial charge in [0.25, 0.3) is 15.9 Å². The normalized spacial score (nSPS) is 11.1. The minimum absolute atomic E-state index is 0.00638. The van der Waals surface area contributed by atoms with Gasteiger partial charge in [-0.3, -0.25) is 9.52 Å². The summed E-state index contributed by atoms with van der Waals surface area (Å²) in [5.74, 6) is -0.910. The Morgan fingerprint density at radius 3 is 2.39 bits per heavy atom. The molecule has 3 rings (SSSR count). The molecule has 10 heteroatoms. The fourth-order valence-electron chi connectivity index (χ4n) is 2.63. The van der Waals surface area contributed by atoms with Crippen LogP contribution in [0.1, 0.15) is 17.3 Å². The van der Waals surface area contributed by atoms with E-state index in [-0.39, 0.29) is 26.2 Å². The van der Waals surface area contributed by atoms with Gasteiger partial charge in [0, 0.05) is 10.7 Å². The molecule has 2 N–H and O–H groups in total. The molecule has 0 atom stereocenters. The molecule has 0 spiro atoms. The molecule has 162 valence electrons. The van der Waals surface area contributed by atoms with Crippen molar-refractivity contribution in [2.24, 2.45) is 0 Å². The summed E-state index contributed by atoms with van der Waals surface area (Å²) in [7, 11) is -4.02. The quantitative estimate of drug-likeness (QED) is 0.459. The summed E-state index contributed by atoms with van der Waals surface area (Å²) >= 11 is 11.8. The molecule has 3 aromatic carbocycles. The zero-order valence-corrected chi connectivity index (χ0v) is 18.5. The third kappa shape index (κ3) is 5.66. The average Bonchev–Trinajstić information content (AvgIpc) is 2.71. The Hall–Kier alpha value is -2.81. The van der Waals surface area contributed by atoms with Gasteiger partial charge < -0.3 is 10.1 Å². The third-order valence-corrected chi connectivity index (χ3v) is 6.03. The number of sulfonamides is 1. The largest absolute Gasteiger partial charge is 0.494 e. The van der Waals surface area contributed by atoms with Crippen molar-refractivity contribution in [3.05, 3.63) is 82.1 Å². The molecule has 0 saturated carbocycles. The lowest BCUT2D eigenvalue weighted by Gasteiger charge is -2.12. The van der Waals surface area contributed by atoms with Crippen LogP contribution in [0.2, 0.25) is 10.0 Å². The van der Waals surface area contributed by atoms with E-state index in [0.717, 1.165) is 12.1 Å². The topological polar surface area (TPSA) is 84.5 Å². The molecule has 0 bridgehead atoms. The molecule has 31 heavy (non-hydrogen) atoms. The number of hydrogen-bond donors (Lipinski definition) is 2. The molecule has 0 unspecified atom stereocenters. The molecule has 0 heterocycles.